The third-order valence-electron chi connectivity index (χ3n) is 2.59. The summed E-state index contributed by atoms with van der Waals surface area (Å²) in [6.07, 6.45) is 0. The van der Waals surface area contributed by atoms with Gasteiger partial charge in [-0.1, -0.05) is 11.6 Å². The first-order valence-corrected chi connectivity index (χ1v) is 6.78. The molecule has 104 valence electrons. The van der Waals surface area contributed by atoms with Crippen LogP contribution in [0.1, 0.15) is 10.4 Å². The van der Waals surface area contributed by atoms with Gasteiger partial charge in [-0.25, -0.2) is 4.39 Å². The van der Waals surface area contributed by atoms with Crippen LogP contribution >= 0.6 is 27.5 Å². The minimum absolute atomic E-state index is 0.121. The Balaban J connectivity index is 2.21. The first-order valence-electron chi connectivity index (χ1n) is 5.61. The van der Waals surface area contributed by atoms with E-state index in [0.717, 1.165) is 0 Å². The number of carbonyl (C=O) groups is 1. The second kappa shape index (κ2) is 6.24. The summed E-state index contributed by atoms with van der Waals surface area (Å²) in [5.74, 6) is -0.783. The van der Waals surface area contributed by atoms with Crippen molar-refractivity contribution in [1.29, 1.82) is 0 Å². The number of methoxy groups -OCH3 is 1. The third-order valence-corrected chi connectivity index (χ3v) is 3.48. The molecule has 20 heavy (non-hydrogen) atoms. The lowest BCUT2D eigenvalue weighted by Gasteiger charge is -2.08. The van der Waals surface area contributed by atoms with Gasteiger partial charge in [0.05, 0.1) is 12.7 Å². The van der Waals surface area contributed by atoms with Crippen LogP contribution in [0.4, 0.5) is 10.1 Å². The molecule has 3 nitrogen and oxygen atoms in total. The average molecular weight is 359 g/mol. The molecule has 0 fully saturated rings. The van der Waals surface area contributed by atoms with Crippen LogP contribution in [-0.4, -0.2) is 13.0 Å². The molecule has 0 aliphatic rings. The highest BCUT2D eigenvalue weighted by Gasteiger charge is 2.12. The highest BCUT2D eigenvalue weighted by atomic mass is 79.9. The summed E-state index contributed by atoms with van der Waals surface area (Å²) >= 11 is 9.07. The zero-order chi connectivity index (χ0) is 14.7. The van der Waals surface area contributed by atoms with Crippen molar-refractivity contribution in [3.63, 3.8) is 0 Å². The fourth-order valence-electron chi connectivity index (χ4n) is 1.62. The molecule has 0 bridgehead atoms. The van der Waals surface area contributed by atoms with Crippen LogP contribution in [0, 0.1) is 5.82 Å². The van der Waals surface area contributed by atoms with E-state index in [1.807, 2.05) is 0 Å². The Labute approximate surface area is 128 Å². The molecule has 2 aromatic rings. The largest absolute Gasteiger partial charge is 0.494 e. The molecule has 0 unspecified atom stereocenters. The predicted molar refractivity (Wildman–Crippen MR) is 80.1 cm³/mol. The molecular weight excluding hydrogens is 349 g/mol. The maximum absolute atomic E-state index is 13.5. The molecule has 0 spiro atoms. The standard InChI is InChI=1S/C14H10BrClFNO2/c1-20-13-5-3-9(7-12(13)17)18-14(19)10-4-2-8(16)6-11(10)15/h2-7H,1H3,(H,18,19). The number of rotatable bonds is 3. The molecule has 1 amide bonds. The maximum atomic E-state index is 13.5. The smallest absolute Gasteiger partial charge is 0.256 e. The topological polar surface area (TPSA) is 38.3 Å². The van der Waals surface area contributed by atoms with E-state index in [0.29, 0.717) is 20.7 Å². The minimum atomic E-state index is -0.541. The number of hydrogen-bond acceptors (Lipinski definition) is 2. The summed E-state index contributed by atoms with van der Waals surface area (Å²) < 4.78 is 18.9. The van der Waals surface area contributed by atoms with E-state index in [4.69, 9.17) is 16.3 Å². The average Bonchev–Trinajstić information content (AvgIpc) is 2.38. The summed E-state index contributed by atoms with van der Waals surface area (Å²) in [5, 5.41) is 3.12. The van der Waals surface area contributed by atoms with Gasteiger partial charge in [0, 0.05) is 21.2 Å². The number of benzene rings is 2. The van der Waals surface area contributed by atoms with Crippen LogP contribution in [-0.2, 0) is 0 Å². The van der Waals surface area contributed by atoms with Gasteiger partial charge in [0.25, 0.3) is 5.91 Å². The molecule has 2 rings (SSSR count). The Morgan fingerprint density at radius 1 is 1.30 bits per heavy atom. The molecular formula is C14H10BrClFNO2. The number of hydrogen-bond donors (Lipinski definition) is 1. The van der Waals surface area contributed by atoms with Gasteiger partial charge in [-0.05, 0) is 46.3 Å². The molecule has 6 heteroatoms. The predicted octanol–water partition coefficient (Wildman–Crippen LogP) is 4.50. The van der Waals surface area contributed by atoms with Crippen LogP contribution in [0.15, 0.2) is 40.9 Å². The fraction of sp³-hybridized carbons (Fsp3) is 0.0714. The second-order valence-corrected chi connectivity index (χ2v) is 5.22. The molecule has 0 saturated heterocycles. The molecule has 0 aromatic heterocycles. The quantitative estimate of drug-likeness (QED) is 0.877. The van der Waals surface area contributed by atoms with E-state index in [-0.39, 0.29) is 11.7 Å². The van der Waals surface area contributed by atoms with Gasteiger partial charge < -0.3 is 10.1 Å². The third kappa shape index (κ3) is 3.29. The summed E-state index contributed by atoms with van der Waals surface area (Å²) in [5.41, 5.74) is 0.751. The number of amides is 1. The van der Waals surface area contributed by atoms with Crippen LogP contribution in [0.2, 0.25) is 5.02 Å². The van der Waals surface area contributed by atoms with Crippen molar-refractivity contribution in [3.8, 4) is 5.75 Å². The van der Waals surface area contributed by atoms with Gasteiger partial charge >= 0.3 is 0 Å². The zero-order valence-corrected chi connectivity index (χ0v) is 12.8. The molecule has 0 radical (unpaired) electrons. The summed E-state index contributed by atoms with van der Waals surface area (Å²) in [6.45, 7) is 0. The van der Waals surface area contributed by atoms with Gasteiger partial charge in [0.2, 0.25) is 0 Å². The van der Waals surface area contributed by atoms with Gasteiger partial charge in [0.15, 0.2) is 11.6 Å². The van der Waals surface area contributed by atoms with E-state index < -0.39 is 5.82 Å². The second-order valence-electron chi connectivity index (χ2n) is 3.93. The van der Waals surface area contributed by atoms with Gasteiger partial charge in [-0.15, -0.1) is 0 Å². The SMILES string of the molecule is COc1ccc(NC(=O)c2ccc(Cl)cc2Br)cc1F. The monoisotopic (exact) mass is 357 g/mol. The number of carbonyl (C=O) groups excluding carboxylic acids is 1. The Kier molecular flexibility index (Phi) is 4.62. The Morgan fingerprint density at radius 3 is 2.65 bits per heavy atom. The molecule has 0 atom stereocenters. The van der Waals surface area contributed by atoms with E-state index in [1.165, 1.54) is 19.2 Å². The van der Waals surface area contributed by atoms with Crippen LogP contribution in [0.25, 0.3) is 0 Å². The molecule has 2 aromatic carbocycles. The Bertz CT molecular complexity index is 664. The number of anilines is 1. The zero-order valence-electron chi connectivity index (χ0n) is 10.4. The van der Waals surface area contributed by atoms with Crippen molar-refractivity contribution in [2.45, 2.75) is 0 Å². The minimum Gasteiger partial charge on any atom is -0.494 e. The Hall–Kier alpha value is -1.59. The van der Waals surface area contributed by atoms with Crippen molar-refractivity contribution in [1.82, 2.24) is 0 Å². The van der Waals surface area contributed by atoms with E-state index in [1.54, 1.807) is 24.3 Å². The van der Waals surface area contributed by atoms with E-state index >= 15 is 0 Å². The highest BCUT2D eigenvalue weighted by Crippen LogP contribution is 2.24. The van der Waals surface area contributed by atoms with Crippen LogP contribution in [0.3, 0.4) is 0 Å². The first kappa shape index (κ1) is 14.8. The van der Waals surface area contributed by atoms with Gasteiger partial charge in [-0.2, -0.15) is 0 Å². The summed E-state index contributed by atoms with van der Waals surface area (Å²) in [4.78, 5) is 12.1. The molecule has 0 saturated carbocycles. The first-order chi connectivity index (χ1) is 9.51. The van der Waals surface area contributed by atoms with Gasteiger partial charge in [0.1, 0.15) is 0 Å². The van der Waals surface area contributed by atoms with Crippen molar-refractivity contribution >= 4 is 39.1 Å². The number of halogens is 3. The number of nitrogens with one attached hydrogen (secondary N) is 1. The summed E-state index contributed by atoms with van der Waals surface area (Å²) in [6, 6.07) is 9.01. The Morgan fingerprint density at radius 2 is 2.05 bits per heavy atom. The lowest BCUT2D eigenvalue weighted by atomic mass is 10.2. The maximum Gasteiger partial charge on any atom is 0.256 e. The highest BCUT2D eigenvalue weighted by molar-refractivity contribution is 9.10. The molecule has 1 N–H and O–H groups in total. The van der Waals surface area contributed by atoms with Crippen molar-refractivity contribution in [3.05, 3.63) is 57.3 Å². The van der Waals surface area contributed by atoms with Crippen molar-refractivity contribution in [2.24, 2.45) is 0 Å². The molecule has 0 aliphatic carbocycles. The van der Waals surface area contributed by atoms with Gasteiger partial charge in [-0.3, -0.25) is 4.79 Å². The molecule has 0 aliphatic heterocycles. The molecule has 0 heterocycles. The lowest BCUT2D eigenvalue weighted by Crippen LogP contribution is -2.12. The number of ether oxygens (including phenoxy) is 1. The van der Waals surface area contributed by atoms with Crippen molar-refractivity contribution in [2.75, 3.05) is 12.4 Å². The van der Waals surface area contributed by atoms with Crippen LogP contribution < -0.4 is 10.1 Å². The van der Waals surface area contributed by atoms with Crippen LogP contribution in [0.5, 0.6) is 5.75 Å². The lowest BCUT2D eigenvalue weighted by molar-refractivity contribution is 0.102. The van der Waals surface area contributed by atoms with E-state index in [9.17, 15) is 9.18 Å². The van der Waals surface area contributed by atoms with Crippen molar-refractivity contribution < 1.29 is 13.9 Å². The normalized spacial score (nSPS) is 10.2. The fourth-order valence-corrected chi connectivity index (χ4v) is 2.48. The van der Waals surface area contributed by atoms with E-state index in [2.05, 4.69) is 21.2 Å². The summed E-state index contributed by atoms with van der Waals surface area (Å²) in [7, 11) is 1.38.